The maximum absolute atomic E-state index is 11.4. The average molecular weight is 379 g/mol. The van der Waals surface area contributed by atoms with Crippen molar-refractivity contribution >= 4 is 0 Å². The number of benzene rings is 2. The van der Waals surface area contributed by atoms with Gasteiger partial charge in [0.15, 0.2) is 0 Å². The van der Waals surface area contributed by atoms with Crippen LogP contribution < -0.4 is 21.9 Å². The largest absolute Gasteiger partial charge is 1.00 e. The Balaban J connectivity index is 0.00000264. The molecule has 0 heterocycles. The van der Waals surface area contributed by atoms with Gasteiger partial charge in [0.2, 0.25) is 0 Å². The van der Waals surface area contributed by atoms with Gasteiger partial charge < -0.3 is 27.0 Å². The monoisotopic (exact) mass is 378 g/mol. The molecular formula is C19H27BrN2O. The molecule has 0 aliphatic rings. The minimum atomic E-state index is -0.987. The van der Waals surface area contributed by atoms with Crippen molar-refractivity contribution in [3.05, 3.63) is 71.8 Å². The van der Waals surface area contributed by atoms with Crippen molar-refractivity contribution in [3.63, 3.8) is 0 Å². The molecule has 0 saturated heterocycles. The fraction of sp³-hybridized carbons (Fsp3) is 0.368. The topological polar surface area (TPSA) is 27.9 Å². The lowest BCUT2D eigenvalue weighted by atomic mass is 9.86. The molecular weight excluding hydrogens is 352 g/mol. The van der Waals surface area contributed by atoms with Crippen molar-refractivity contribution in [2.24, 2.45) is 0 Å². The third kappa shape index (κ3) is 5.43. The Morgan fingerprint density at radius 3 is 1.74 bits per heavy atom. The second kappa shape index (κ2) is 9.18. The Labute approximate surface area is 150 Å². The van der Waals surface area contributed by atoms with E-state index in [4.69, 9.17) is 0 Å². The number of hydrogen-bond acceptors (Lipinski definition) is 2. The first-order valence-electron chi connectivity index (χ1n) is 7.83. The number of rotatable bonds is 7. The summed E-state index contributed by atoms with van der Waals surface area (Å²) >= 11 is 0. The lowest BCUT2D eigenvalue weighted by Crippen LogP contribution is -3.06. The van der Waals surface area contributed by atoms with Crippen molar-refractivity contribution in [2.75, 3.05) is 40.8 Å². The molecule has 4 heteroatoms. The van der Waals surface area contributed by atoms with E-state index in [-0.39, 0.29) is 17.0 Å². The SMILES string of the molecule is CN(CC[NH+](C)C)CC(O)(c1ccccc1)c1ccccc1.[Br-]. The lowest BCUT2D eigenvalue weighted by molar-refractivity contribution is -0.857. The summed E-state index contributed by atoms with van der Waals surface area (Å²) in [6, 6.07) is 19.9. The molecule has 0 aliphatic carbocycles. The number of likely N-dealkylation sites (N-methyl/N-ethyl adjacent to an activating group) is 2. The summed E-state index contributed by atoms with van der Waals surface area (Å²) in [4.78, 5) is 3.61. The highest BCUT2D eigenvalue weighted by Gasteiger charge is 2.32. The van der Waals surface area contributed by atoms with Crippen LogP contribution in [0.2, 0.25) is 0 Å². The van der Waals surface area contributed by atoms with Crippen molar-refractivity contribution in [1.29, 1.82) is 0 Å². The zero-order valence-corrected chi connectivity index (χ0v) is 15.8. The highest BCUT2D eigenvalue weighted by atomic mass is 79.9. The quantitative estimate of drug-likeness (QED) is 0.583. The lowest BCUT2D eigenvalue weighted by Gasteiger charge is -2.33. The Morgan fingerprint density at radius 2 is 1.35 bits per heavy atom. The van der Waals surface area contributed by atoms with Crippen molar-refractivity contribution in [2.45, 2.75) is 5.60 Å². The van der Waals surface area contributed by atoms with E-state index in [9.17, 15) is 5.11 Å². The zero-order valence-electron chi connectivity index (χ0n) is 14.2. The van der Waals surface area contributed by atoms with E-state index in [2.05, 4.69) is 26.0 Å². The van der Waals surface area contributed by atoms with Gasteiger partial charge in [0.05, 0.1) is 20.6 Å². The minimum absolute atomic E-state index is 0. The first-order valence-corrected chi connectivity index (χ1v) is 7.83. The molecule has 2 aromatic carbocycles. The van der Waals surface area contributed by atoms with Crippen LogP contribution in [0.5, 0.6) is 0 Å². The molecule has 23 heavy (non-hydrogen) atoms. The normalized spacial score (nSPS) is 11.6. The molecule has 2 N–H and O–H groups in total. The van der Waals surface area contributed by atoms with Gasteiger partial charge in [0, 0.05) is 13.1 Å². The van der Waals surface area contributed by atoms with Gasteiger partial charge in [-0.25, -0.2) is 0 Å². The number of nitrogens with one attached hydrogen (secondary N) is 1. The highest BCUT2D eigenvalue weighted by Crippen LogP contribution is 2.30. The summed E-state index contributed by atoms with van der Waals surface area (Å²) in [6.45, 7) is 2.58. The number of quaternary nitrogens is 1. The van der Waals surface area contributed by atoms with Crippen molar-refractivity contribution in [3.8, 4) is 0 Å². The van der Waals surface area contributed by atoms with E-state index in [0.29, 0.717) is 6.54 Å². The molecule has 0 amide bonds. The maximum Gasteiger partial charge on any atom is 0.127 e. The summed E-state index contributed by atoms with van der Waals surface area (Å²) in [5.74, 6) is 0. The Bertz CT molecular complexity index is 521. The standard InChI is InChI=1S/C19H26N2O.BrH/c1-20(2)14-15-21(3)16-19(22,17-10-6-4-7-11-17)18-12-8-5-9-13-18;/h4-13,22H,14-16H2,1-3H3;1H. The third-order valence-corrected chi connectivity index (χ3v) is 3.99. The molecule has 0 radical (unpaired) electrons. The van der Waals surface area contributed by atoms with E-state index in [1.807, 2.05) is 60.7 Å². The Hall–Kier alpha value is -1.20. The summed E-state index contributed by atoms with van der Waals surface area (Å²) < 4.78 is 0. The van der Waals surface area contributed by atoms with E-state index < -0.39 is 5.60 Å². The maximum atomic E-state index is 11.4. The van der Waals surface area contributed by atoms with Crippen LogP contribution in [0.3, 0.4) is 0 Å². The molecule has 0 aromatic heterocycles. The minimum Gasteiger partial charge on any atom is -1.00 e. The Morgan fingerprint density at radius 1 is 0.913 bits per heavy atom. The van der Waals surface area contributed by atoms with Gasteiger partial charge in [0.25, 0.3) is 0 Å². The van der Waals surface area contributed by atoms with E-state index in [1.54, 1.807) is 0 Å². The summed E-state index contributed by atoms with van der Waals surface area (Å²) in [6.07, 6.45) is 0. The van der Waals surface area contributed by atoms with Gasteiger partial charge in [-0.2, -0.15) is 0 Å². The van der Waals surface area contributed by atoms with Crippen LogP contribution >= 0.6 is 0 Å². The number of aliphatic hydroxyl groups is 1. The van der Waals surface area contributed by atoms with Crippen molar-refractivity contribution in [1.82, 2.24) is 4.90 Å². The van der Waals surface area contributed by atoms with Gasteiger partial charge in [-0.15, -0.1) is 0 Å². The third-order valence-electron chi connectivity index (χ3n) is 3.99. The second-order valence-corrected chi connectivity index (χ2v) is 6.29. The van der Waals surface area contributed by atoms with Gasteiger partial charge in [-0.3, -0.25) is 4.90 Å². The summed E-state index contributed by atoms with van der Waals surface area (Å²) in [7, 11) is 6.36. The van der Waals surface area contributed by atoms with E-state index in [0.717, 1.165) is 24.2 Å². The number of halogens is 1. The molecule has 0 aliphatic heterocycles. The van der Waals surface area contributed by atoms with Gasteiger partial charge in [0.1, 0.15) is 5.60 Å². The fourth-order valence-corrected chi connectivity index (χ4v) is 2.66. The first-order chi connectivity index (χ1) is 10.5. The van der Waals surface area contributed by atoms with Crippen LogP contribution in [0.4, 0.5) is 0 Å². The van der Waals surface area contributed by atoms with Crippen LogP contribution in [-0.4, -0.2) is 50.8 Å². The molecule has 2 aromatic rings. The predicted molar refractivity (Wildman–Crippen MR) is 91.1 cm³/mol. The predicted octanol–water partition coefficient (Wildman–Crippen LogP) is -2.00. The molecule has 0 bridgehead atoms. The fourth-order valence-electron chi connectivity index (χ4n) is 2.66. The second-order valence-electron chi connectivity index (χ2n) is 6.29. The van der Waals surface area contributed by atoms with Crippen LogP contribution in [0, 0.1) is 0 Å². The molecule has 0 spiro atoms. The molecule has 0 fully saturated rings. The molecule has 0 atom stereocenters. The van der Waals surface area contributed by atoms with Crippen LogP contribution in [0.25, 0.3) is 0 Å². The zero-order chi connectivity index (χ0) is 16.0. The van der Waals surface area contributed by atoms with Gasteiger partial charge in [-0.1, -0.05) is 60.7 Å². The molecule has 2 rings (SSSR count). The molecule has 0 unspecified atom stereocenters. The summed E-state index contributed by atoms with van der Waals surface area (Å²) in [5.41, 5.74) is 0.884. The van der Waals surface area contributed by atoms with Gasteiger partial charge >= 0.3 is 0 Å². The molecule has 126 valence electrons. The smallest absolute Gasteiger partial charge is 0.127 e. The summed E-state index contributed by atoms with van der Waals surface area (Å²) in [5, 5.41) is 11.4. The highest BCUT2D eigenvalue weighted by molar-refractivity contribution is 5.36. The van der Waals surface area contributed by atoms with Crippen LogP contribution in [-0.2, 0) is 5.60 Å². The number of nitrogens with zero attached hydrogens (tertiary/aromatic N) is 1. The van der Waals surface area contributed by atoms with Crippen LogP contribution in [0.15, 0.2) is 60.7 Å². The molecule has 3 nitrogen and oxygen atoms in total. The first kappa shape index (κ1) is 19.8. The van der Waals surface area contributed by atoms with Crippen LogP contribution in [0.1, 0.15) is 11.1 Å². The number of hydrogen-bond donors (Lipinski definition) is 2. The Kier molecular flexibility index (Phi) is 7.92. The van der Waals surface area contributed by atoms with Gasteiger partial charge in [-0.05, 0) is 18.2 Å². The average Bonchev–Trinajstić information content (AvgIpc) is 2.54. The van der Waals surface area contributed by atoms with E-state index >= 15 is 0 Å². The van der Waals surface area contributed by atoms with Crippen molar-refractivity contribution < 1.29 is 27.0 Å². The molecule has 0 saturated carbocycles. The van der Waals surface area contributed by atoms with E-state index in [1.165, 1.54) is 4.90 Å².